The van der Waals surface area contributed by atoms with Crippen LogP contribution in [0.15, 0.2) is 0 Å². The molecular formula is C14H26N2. The first-order valence-corrected chi connectivity index (χ1v) is 7.31. The molecule has 0 aromatic carbocycles. The lowest BCUT2D eigenvalue weighted by Crippen LogP contribution is -2.38. The van der Waals surface area contributed by atoms with Gasteiger partial charge in [0.25, 0.3) is 0 Å². The summed E-state index contributed by atoms with van der Waals surface area (Å²) in [7, 11) is 0. The van der Waals surface area contributed by atoms with Gasteiger partial charge in [0.15, 0.2) is 0 Å². The lowest BCUT2D eigenvalue weighted by Gasteiger charge is -2.35. The van der Waals surface area contributed by atoms with Crippen molar-refractivity contribution in [3.63, 3.8) is 0 Å². The van der Waals surface area contributed by atoms with Gasteiger partial charge >= 0.3 is 0 Å². The van der Waals surface area contributed by atoms with Gasteiger partial charge in [-0.15, -0.1) is 0 Å². The number of likely N-dealkylation sites (tertiary alicyclic amines) is 1. The Morgan fingerprint density at radius 3 is 2.56 bits per heavy atom. The molecule has 1 heterocycles. The summed E-state index contributed by atoms with van der Waals surface area (Å²) in [6.07, 6.45) is 10.4. The second-order valence-electron chi connectivity index (χ2n) is 6.30. The van der Waals surface area contributed by atoms with Gasteiger partial charge < -0.3 is 10.6 Å². The quantitative estimate of drug-likeness (QED) is 0.793. The van der Waals surface area contributed by atoms with Crippen LogP contribution in [-0.2, 0) is 0 Å². The molecule has 2 nitrogen and oxygen atoms in total. The molecule has 1 saturated heterocycles. The molecule has 0 radical (unpaired) electrons. The number of hydrogen-bond acceptors (Lipinski definition) is 2. The molecule has 0 bridgehead atoms. The Labute approximate surface area is 99.6 Å². The van der Waals surface area contributed by atoms with Crippen LogP contribution in [0.3, 0.4) is 0 Å². The molecule has 1 aliphatic heterocycles. The maximum Gasteiger partial charge on any atom is 0.00981 e. The van der Waals surface area contributed by atoms with Gasteiger partial charge in [0, 0.05) is 12.6 Å². The smallest absolute Gasteiger partial charge is 0.00981 e. The molecule has 3 unspecified atom stereocenters. The highest BCUT2D eigenvalue weighted by Gasteiger charge is 2.37. The molecule has 2 N–H and O–H groups in total. The van der Waals surface area contributed by atoms with E-state index in [1.807, 2.05) is 0 Å². The third-order valence-electron chi connectivity index (χ3n) is 5.14. The van der Waals surface area contributed by atoms with E-state index in [-0.39, 0.29) is 0 Å². The van der Waals surface area contributed by atoms with Crippen LogP contribution in [-0.4, -0.2) is 30.6 Å². The Morgan fingerprint density at radius 2 is 1.88 bits per heavy atom. The van der Waals surface area contributed by atoms with Crippen molar-refractivity contribution in [1.82, 2.24) is 4.90 Å². The second kappa shape index (κ2) is 4.66. The SMILES string of the molecule is NCC1CCN(C2CCCC(C3CC3)C2)C1. The largest absolute Gasteiger partial charge is 0.330 e. The van der Waals surface area contributed by atoms with Gasteiger partial charge in [-0.1, -0.05) is 12.8 Å². The van der Waals surface area contributed by atoms with Gasteiger partial charge in [-0.05, 0) is 62.9 Å². The average Bonchev–Trinajstić information content (AvgIpc) is 3.07. The van der Waals surface area contributed by atoms with Crippen molar-refractivity contribution < 1.29 is 0 Å². The van der Waals surface area contributed by atoms with E-state index in [1.165, 1.54) is 58.0 Å². The van der Waals surface area contributed by atoms with Crippen molar-refractivity contribution in [2.75, 3.05) is 19.6 Å². The molecule has 0 spiro atoms. The maximum absolute atomic E-state index is 5.78. The number of rotatable bonds is 3. The van der Waals surface area contributed by atoms with Gasteiger partial charge in [-0.25, -0.2) is 0 Å². The molecule has 2 aliphatic carbocycles. The van der Waals surface area contributed by atoms with E-state index >= 15 is 0 Å². The van der Waals surface area contributed by atoms with E-state index in [4.69, 9.17) is 5.73 Å². The van der Waals surface area contributed by atoms with Gasteiger partial charge in [0.2, 0.25) is 0 Å². The Hall–Kier alpha value is -0.0800. The molecule has 2 saturated carbocycles. The normalized spacial score (nSPS) is 41.4. The predicted octanol–water partition coefficient (Wildman–Crippen LogP) is 2.24. The van der Waals surface area contributed by atoms with Crippen molar-refractivity contribution >= 4 is 0 Å². The van der Waals surface area contributed by atoms with Crippen molar-refractivity contribution in [2.24, 2.45) is 23.5 Å². The minimum Gasteiger partial charge on any atom is -0.330 e. The summed E-state index contributed by atoms with van der Waals surface area (Å²) in [5, 5.41) is 0. The maximum atomic E-state index is 5.78. The van der Waals surface area contributed by atoms with E-state index in [9.17, 15) is 0 Å². The van der Waals surface area contributed by atoms with Crippen LogP contribution in [0.5, 0.6) is 0 Å². The summed E-state index contributed by atoms with van der Waals surface area (Å²) in [5.41, 5.74) is 5.78. The Balaban J connectivity index is 1.53. The summed E-state index contributed by atoms with van der Waals surface area (Å²) in [5.74, 6) is 2.99. The van der Waals surface area contributed by atoms with Gasteiger partial charge in [-0.3, -0.25) is 0 Å². The highest BCUT2D eigenvalue weighted by Crippen LogP contribution is 2.45. The molecule has 3 rings (SSSR count). The molecule has 3 atom stereocenters. The second-order valence-corrected chi connectivity index (χ2v) is 6.30. The first kappa shape index (κ1) is 11.0. The van der Waals surface area contributed by atoms with Gasteiger partial charge in [-0.2, -0.15) is 0 Å². The fourth-order valence-corrected chi connectivity index (χ4v) is 3.91. The van der Waals surface area contributed by atoms with Gasteiger partial charge in [0.05, 0.1) is 0 Å². The van der Waals surface area contributed by atoms with Crippen LogP contribution in [0.1, 0.15) is 44.9 Å². The molecular weight excluding hydrogens is 196 g/mol. The first-order valence-electron chi connectivity index (χ1n) is 7.31. The lowest BCUT2D eigenvalue weighted by atomic mass is 9.82. The van der Waals surface area contributed by atoms with Crippen LogP contribution >= 0.6 is 0 Å². The fourth-order valence-electron chi connectivity index (χ4n) is 3.91. The van der Waals surface area contributed by atoms with Crippen molar-refractivity contribution in [2.45, 2.75) is 51.0 Å². The van der Waals surface area contributed by atoms with Crippen LogP contribution in [0.25, 0.3) is 0 Å². The van der Waals surface area contributed by atoms with E-state index in [0.717, 1.165) is 30.3 Å². The van der Waals surface area contributed by atoms with E-state index in [0.29, 0.717) is 0 Å². The summed E-state index contributed by atoms with van der Waals surface area (Å²) < 4.78 is 0. The topological polar surface area (TPSA) is 29.3 Å². The van der Waals surface area contributed by atoms with E-state index < -0.39 is 0 Å². The minimum absolute atomic E-state index is 0.793. The molecule has 0 aromatic heterocycles. The number of hydrogen-bond donors (Lipinski definition) is 1. The highest BCUT2D eigenvalue weighted by atomic mass is 15.2. The zero-order valence-corrected chi connectivity index (χ0v) is 10.4. The van der Waals surface area contributed by atoms with Gasteiger partial charge in [0.1, 0.15) is 0 Å². The average molecular weight is 222 g/mol. The van der Waals surface area contributed by atoms with Crippen LogP contribution in [0, 0.1) is 17.8 Å². The Bertz CT molecular complexity index is 237. The highest BCUT2D eigenvalue weighted by molar-refractivity contribution is 4.91. The molecule has 0 amide bonds. The number of nitrogens with zero attached hydrogens (tertiary/aromatic N) is 1. The summed E-state index contributed by atoms with van der Waals surface area (Å²) >= 11 is 0. The van der Waals surface area contributed by atoms with Crippen molar-refractivity contribution in [3.8, 4) is 0 Å². The predicted molar refractivity (Wildman–Crippen MR) is 67.2 cm³/mol. The van der Waals surface area contributed by atoms with E-state index in [1.54, 1.807) is 0 Å². The van der Waals surface area contributed by atoms with Crippen LogP contribution in [0.2, 0.25) is 0 Å². The summed E-state index contributed by atoms with van der Waals surface area (Å²) in [6, 6.07) is 0.913. The zero-order chi connectivity index (χ0) is 11.0. The number of nitrogens with two attached hydrogens (primary N) is 1. The Morgan fingerprint density at radius 1 is 1.00 bits per heavy atom. The molecule has 3 aliphatic rings. The minimum atomic E-state index is 0.793. The third kappa shape index (κ3) is 2.28. The molecule has 3 fully saturated rings. The molecule has 16 heavy (non-hydrogen) atoms. The van der Waals surface area contributed by atoms with Crippen LogP contribution in [0.4, 0.5) is 0 Å². The zero-order valence-electron chi connectivity index (χ0n) is 10.4. The fraction of sp³-hybridized carbons (Fsp3) is 1.00. The monoisotopic (exact) mass is 222 g/mol. The van der Waals surface area contributed by atoms with Crippen molar-refractivity contribution in [1.29, 1.82) is 0 Å². The molecule has 2 heteroatoms. The first-order chi connectivity index (χ1) is 7.86. The summed E-state index contributed by atoms with van der Waals surface area (Å²) in [6.45, 7) is 3.51. The lowest BCUT2D eigenvalue weighted by molar-refractivity contribution is 0.144. The third-order valence-corrected chi connectivity index (χ3v) is 5.14. The van der Waals surface area contributed by atoms with E-state index in [2.05, 4.69) is 4.90 Å². The Kier molecular flexibility index (Phi) is 3.21. The molecule has 92 valence electrons. The summed E-state index contributed by atoms with van der Waals surface area (Å²) in [4.78, 5) is 2.76. The van der Waals surface area contributed by atoms with Crippen molar-refractivity contribution in [3.05, 3.63) is 0 Å². The van der Waals surface area contributed by atoms with Crippen LogP contribution < -0.4 is 5.73 Å². The molecule has 0 aromatic rings. The standard InChI is InChI=1S/C14H26N2/c15-9-11-6-7-16(10-11)14-3-1-2-13(8-14)12-4-5-12/h11-14H,1-10,15H2.